The summed E-state index contributed by atoms with van der Waals surface area (Å²) < 4.78 is 5.09. The first-order valence-electron chi connectivity index (χ1n) is 4.79. The van der Waals surface area contributed by atoms with Crippen LogP contribution in [0.3, 0.4) is 0 Å². The van der Waals surface area contributed by atoms with Gasteiger partial charge in [-0.05, 0) is 34.1 Å². The Morgan fingerprint density at radius 3 is 2.38 bits per heavy atom. The van der Waals surface area contributed by atoms with Gasteiger partial charge < -0.3 is 10.1 Å². The van der Waals surface area contributed by atoms with Gasteiger partial charge in [0, 0.05) is 5.54 Å². The van der Waals surface area contributed by atoms with Crippen molar-refractivity contribution in [2.45, 2.75) is 52.7 Å². The van der Waals surface area contributed by atoms with Gasteiger partial charge in [0.15, 0.2) is 0 Å². The topological polar surface area (TPSA) is 38.3 Å². The van der Waals surface area contributed by atoms with Crippen molar-refractivity contribution < 1.29 is 9.53 Å². The minimum absolute atomic E-state index is 0.0225. The Labute approximate surface area is 80.8 Å². The predicted molar refractivity (Wildman–Crippen MR) is 53.6 cm³/mol. The molecule has 0 spiro atoms. The van der Waals surface area contributed by atoms with Crippen LogP contribution in [-0.2, 0) is 9.53 Å². The van der Waals surface area contributed by atoms with Crippen LogP contribution < -0.4 is 5.32 Å². The fraction of sp³-hybridized carbons (Fsp3) is 0.900. The highest BCUT2D eigenvalue weighted by atomic mass is 16.5. The van der Waals surface area contributed by atoms with E-state index in [1.165, 1.54) is 0 Å². The maximum atomic E-state index is 11.2. The highest BCUT2D eigenvalue weighted by Gasteiger charge is 2.13. The van der Waals surface area contributed by atoms with Crippen molar-refractivity contribution in [3.63, 3.8) is 0 Å². The summed E-state index contributed by atoms with van der Waals surface area (Å²) in [6.45, 7) is 10.2. The van der Waals surface area contributed by atoms with E-state index in [4.69, 9.17) is 4.74 Å². The first-order chi connectivity index (χ1) is 5.85. The van der Waals surface area contributed by atoms with Crippen LogP contribution in [0.1, 0.15) is 41.0 Å². The first-order valence-corrected chi connectivity index (χ1v) is 4.79. The molecule has 0 saturated heterocycles. The Hall–Kier alpha value is -0.570. The molecule has 1 atom stereocenters. The first kappa shape index (κ1) is 12.4. The third-order valence-electron chi connectivity index (χ3n) is 1.67. The molecule has 13 heavy (non-hydrogen) atoms. The number of carbonyl (C=O) groups excluding carboxylic acids is 1. The number of hydrogen-bond donors (Lipinski definition) is 1. The number of ether oxygens (including phenoxy) is 1. The Morgan fingerprint density at radius 2 is 2.00 bits per heavy atom. The van der Waals surface area contributed by atoms with Gasteiger partial charge in [-0.2, -0.15) is 0 Å². The van der Waals surface area contributed by atoms with Gasteiger partial charge in [0.1, 0.15) is 0 Å². The average molecular weight is 187 g/mol. The molecular formula is C10H21NO2. The molecule has 0 aliphatic heterocycles. The zero-order chi connectivity index (χ0) is 10.5. The molecule has 0 heterocycles. The van der Waals surface area contributed by atoms with E-state index in [0.717, 1.165) is 6.42 Å². The molecule has 78 valence electrons. The fourth-order valence-electron chi connectivity index (χ4n) is 0.687. The molecule has 0 radical (unpaired) electrons. The zero-order valence-electron chi connectivity index (χ0n) is 9.31. The molecule has 1 N–H and O–H groups in total. The number of nitrogens with one attached hydrogen (secondary N) is 1. The fourth-order valence-corrected chi connectivity index (χ4v) is 0.687. The van der Waals surface area contributed by atoms with E-state index in [-0.39, 0.29) is 24.2 Å². The van der Waals surface area contributed by atoms with E-state index in [1.54, 1.807) is 0 Å². The van der Waals surface area contributed by atoms with E-state index in [1.807, 2.05) is 34.6 Å². The zero-order valence-corrected chi connectivity index (χ0v) is 9.31. The van der Waals surface area contributed by atoms with E-state index >= 15 is 0 Å². The van der Waals surface area contributed by atoms with Crippen molar-refractivity contribution in [1.82, 2.24) is 5.32 Å². The molecule has 3 heteroatoms. The van der Waals surface area contributed by atoms with Crippen molar-refractivity contribution in [3.05, 3.63) is 0 Å². The van der Waals surface area contributed by atoms with Gasteiger partial charge in [0.25, 0.3) is 0 Å². The van der Waals surface area contributed by atoms with Gasteiger partial charge in [-0.3, -0.25) is 4.79 Å². The second-order valence-electron chi connectivity index (χ2n) is 4.31. The lowest BCUT2D eigenvalue weighted by molar-refractivity contribution is -0.147. The summed E-state index contributed by atoms with van der Waals surface area (Å²) in [5.74, 6) is -0.177. The summed E-state index contributed by atoms with van der Waals surface area (Å²) in [4.78, 5) is 11.2. The van der Waals surface area contributed by atoms with Crippen LogP contribution in [0.4, 0.5) is 0 Å². The molecule has 0 rings (SSSR count). The Kier molecular flexibility index (Phi) is 4.99. The van der Waals surface area contributed by atoms with Crippen LogP contribution in [-0.4, -0.2) is 24.2 Å². The number of esters is 1. The molecular weight excluding hydrogens is 166 g/mol. The standard InChI is InChI=1S/C10H21NO2/c1-6-8(2)13-9(12)7-11-10(3,4)5/h8,11H,6-7H2,1-5H3. The normalized spacial score (nSPS) is 13.9. The Morgan fingerprint density at radius 1 is 1.46 bits per heavy atom. The average Bonchev–Trinajstić information content (AvgIpc) is 1.99. The maximum Gasteiger partial charge on any atom is 0.320 e. The Balaban J connectivity index is 3.64. The highest BCUT2D eigenvalue weighted by Crippen LogP contribution is 1.99. The predicted octanol–water partition coefficient (Wildman–Crippen LogP) is 1.72. The molecule has 3 nitrogen and oxygen atoms in total. The van der Waals surface area contributed by atoms with Gasteiger partial charge in [-0.25, -0.2) is 0 Å². The maximum absolute atomic E-state index is 11.2. The molecule has 0 aromatic carbocycles. The molecule has 0 aromatic heterocycles. The monoisotopic (exact) mass is 187 g/mol. The van der Waals surface area contributed by atoms with Gasteiger partial charge >= 0.3 is 5.97 Å². The second-order valence-corrected chi connectivity index (χ2v) is 4.31. The highest BCUT2D eigenvalue weighted by molar-refractivity contribution is 5.71. The second kappa shape index (κ2) is 5.22. The van der Waals surface area contributed by atoms with Crippen molar-refractivity contribution in [2.75, 3.05) is 6.54 Å². The molecule has 0 aliphatic carbocycles. The molecule has 0 aromatic rings. The van der Waals surface area contributed by atoms with Gasteiger partial charge in [-0.1, -0.05) is 6.92 Å². The summed E-state index contributed by atoms with van der Waals surface area (Å²) in [5, 5.41) is 3.08. The van der Waals surface area contributed by atoms with Crippen molar-refractivity contribution >= 4 is 5.97 Å². The van der Waals surface area contributed by atoms with Crippen LogP contribution in [0.25, 0.3) is 0 Å². The van der Waals surface area contributed by atoms with Gasteiger partial charge in [0.2, 0.25) is 0 Å². The quantitative estimate of drug-likeness (QED) is 0.681. The van der Waals surface area contributed by atoms with E-state index < -0.39 is 0 Å². The minimum Gasteiger partial charge on any atom is -0.462 e. The third-order valence-corrected chi connectivity index (χ3v) is 1.67. The summed E-state index contributed by atoms with van der Waals surface area (Å²) in [6.07, 6.45) is 0.885. The lowest BCUT2D eigenvalue weighted by atomic mass is 10.1. The third kappa shape index (κ3) is 7.78. The SMILES string of the molecule is CCC(C)OC(=O)CNC(C)(C)C. The summed E-state index contributed by atoms with van der Waals surface area (Å²) in [6, 6.07) is 0. The summed E-state index contributed by atoms with van der Waals surface area (Å²) in [7, 11) is 0. The van der Waals surface area contributed by atoms with E-state index in [0.29, 0.717) is 0 Å². The van der Waals surface area contributed by atoms with Crippen LogP contribution in [0.15, 0.2) is 0 Å². The number of hydrogen-bond acceptors (Lipinski definition) is 3. The van der Waals surface area contributed by atoms with E-state index in [2.05, 4.69) is 5.32 Å². The summed E-state index contributed by atoms with van der Waals surface area (Å²) in [5.41, 5.74) is -0.0333. The smallest absolute Gasteiger partial charge is 0.320 e. The molecule has 0 aliphatic rings. The van der Waals surface area contributed by atoms with Crippen LogP contribution in [0, 0.1) is 0 Å². The largest absolute Gasteiger partial charge is 0.462 e. The van der Waals surface area contributed by atoms with Crippen molar-refractivity contribution in [1.29, 1.82) is 0 Å². The minimum atomic E-state index is -0.177. The molecule has 0 bridgehead atoms. The van der Waals surface area contributed by atoms with Crippen LogP contribution >= 0.6 is 0 Å². The molecule has 1 unspecified atom stereocenters. The summed E-state index contributed by atoms with van der Waals surface area (Å²) >= 11 is 0. The van der Waals surface area contributed by atoms with Crippen molar-refractivity contribution in [3.8, 4) is 0 Å². The van der Waals surface area contributed by atoms with Gasteiger partial charge in [-0.15, -0.1) is 0 Å². The molecule has 0 saturated carbocycles. The number of carbonyl (C=O) groups is 1. The Bertz CT molecular complexity index is 161. The van der Waals surface area contributed by atoms with Crippen LogP contribution in [0.2, 0.25) is 0 Å². The number of rotatable bonds is 4. The lowest BCUT2D eigenvalue weighted by Gasteiger charge is -2.20. The van der Waals surface area contributed by atoms with Crippen LogP contribution in [0.5, 0.6) is 0 Å². The lowest BCUT2D eigenvalue weighted by Crippen LogP contribution is -2.40. The van der Waals surface area contributed by atoms with Gasteiger partial charge in [0.05, 0.1) is 12.6 Å². The van der Waals surface area contributed by atoms with E-state index in [9.17, 15) is 4.79 Å². The van der Waals surface area contributed by atoms with Crippen molar-refractivity contribution in [2.24, 2.45) is 0 Å². The molecule has 0 fully saturated rings. The molecule has 0 amide bonds.